The number of nitrogens with two attached hydrogens (primary N) is 1. The lowest BCUT2D eigenvalue weighted by Crippen LogP contribution is -2.61. The Balaban J connectivity index is 0.649. The number of rotatable bonds is 41. The topological polar surface area (TPSA) is 411 Å². The molecule has 3 fully saturated rings. The number of alkyl carbamates (subject to hydrolysis) is 1. The number of piperidine rings is 1. The maximum absolute atomic E-state index is 14.9. The van der Waals surface area contributed by atoms with Crippen molar-refractivity contribution in [3.63, 3.8) is 0 Å². The van der Waals surface area contributed by atoms with Crippen LogP contribution in [-0.2, 0) is 111 Å². The molecule has 2 aromatic carbocycles. The molecule has 1 saturated carbocycles. The van der Waals surface area contributed by atoms with Gasteiger partial charge in [-0.15, -0.1) is 0 Å². The van der Waals surface area contributed by atoms with Crippen LogP contribution in [0.3, 0.4) is 0 Å². The zero-order valence-corrected chi connectivity index (χ0v) is 79.0. The zero-order valence-electron chi connectivity index (χ0n) is 78.2. The van der Waals surface area contributed by atoms with Gasteiger partial charge in [-0.3, -0.25) is 24.0 Å². The van der Waals surface area contributed by atoms with Gasteiger partial charge in [-0.25, -0.2) is 23.0 Å². The molecule has 16 atom stereocenters. The summed E-state index contributed by atoms with van der Waals surface area (Å²) in [5, 5.41) is 29.4. The van der Waals surface area contributed by atoms with Crippen molar-refractivity contribution < 1.29 is 128 Å². The SMILES string of the molecule is CO[C@H]1C[C@@H]2CC[C@@H](C)[C@@](O)(O2)C(=O)C(=O)N2CCCC[C@H]2C(=O)O[C@H]([C@H](C)C[C@@H]2CC[C@@H](OC(=O)NCCOCCOCCOCCOCCOCCOCCOCCOCCC(=O)NCCS(=O)(=O)c3ccc(C(=O)N4CCOc5ccc(-c6ccc(N)nc6)cc5C4)c(C)c3)[C@H](OC)C2)C[C@@H](OC)[C@H](C)/C=C(\C)[C@@H](O)[C@@H](OC)C(=O)[C@H](C)C[C@H](C)/C=C/C=CC=C1C. The van der Waals surface area contributed by atoms with Gasteiger partial charge in [0.25, 0.3) is 17.6 Å². The second-order valence-corrected chi connectivity index (χ2v) is 36.6. The molecule has 130 heavy (non-hydrogen) atoms. The Bertz CT molecular complexity index is 4260. The van der Waals surface area contributed by atoms with Gasteiger partial charge in [0, 0.05) is 115 Å². The lowest BCUT2D eigenvalue weighted by molar-refractivity contribution is -0.265. The van der Waals surface area contributed by atoms with E-state index in [4.69, 9.17) is 81.5 Å². The normalized spacial score (nSPS) is 26.5. The molecule has 6 N–H and O–H groups in total. The highest BCUT2D eigenvalue weighted by Crippen LogP contribution is 2.40. The number of ketones is 2. The number of allylic oxidation sites excluding steroid dienone is 5. The molecule has 34 heteroatoms. The van der Waals surface area contributed by atoms with E-state index in [9.17, 15) is 52.2 Å². The molecule has 4 aliphatic heterocycles. The molecule has 2 saturated heterocycles. The summed E-state index contributed by atoms with van der Waals surface area (Å²) in [6, 6.07) is 12.7. The van der Waals surface area contributed by atoms with Gasteiger partial charge >= 0.3 is 12.1 Å². The fourth-order valence-corrected chi connectivity index (χ4v) is 18.2. The van der Waals surface area contributed by atoms with Crippen LogP contribution >= 0.6 is 0 Å². The summed E-state index contributed by atoms with van der Waals surface area (Å²) in [6.07, 6.45) is 12.1. The Labute approximate surface area is 767 Å². The summed E-state index contributed by atoms with van der Waals surface area (Å²) < 4.78 is 120. The lowest BCUT2D eigenvalue weighted by Gasteiger charge is -2.43. The smallest absolute Gasteiger partial charge is 0.407 e. The molecule has 2 bridgehead atoms. The first kappa shape index (κ1) is 107. The van der Waals surface area contributed by atoms with Gasteiger partial charge < -0.3 is 112 Å². The van der Waals surface area contributed by atoms with E-state index >= 15 is 0 Å². The van der Waals surface area contributed by atoms with E-state index in [1.807, 2.05) is 95.3 Å². The number of aliphatic hydroxyl groups excluding tert-OH is 1. The molecular formula is C96H144N6O27S. The first-order valence-corrected chi connectivity index (χ1v) is 47.6. The number of aromatic nitrogens is 1. The minimum atomic E-state index is -3.78. The number of hydrogen-bond acceptors (Lipinski definition) is 29. The van der Waals surface area contributed by atoms with Gasteiger partial charge in [-0.05, 0) is 167 Å². The van der Waals surface area contributed by atoms with E-state index in [1.165, 1.54) is 30.2 Å². The number of esters is 1. The fraction of sp³-hybridized carbons (Fsp3) is 0.667. The van der Waals surface area contributed by atoms with E-state index in [-0.39, 0.29) is 105 Å². The predicted octanol–water partition coefficient (Wildman–Crippen LogP) is 9.46. The monoisotopic (exact) mass is 1840 g/mol. The molecule has 0 unspecified atom stereocenters. The average molecular weight is 1850 g/mol. The molecule has 726 valence electrons. The molecule has 33 nitrogen and oxygen atoms in total. The number of nitrogen functional groups attached to an aromatic ring is 1. The number of nitrogens with zero attached hydrogens (tertiary/aromatic N) is 3. The van der Waals surface area contributed by atoms with Crippen molar-refractivity contribution in [3.8, 4) is 16.9 Å². The van der Waals surface area contributed by atoms with Crippen molar-refractivity contribution in [2.24, 2.45) is 35.5 Å². The Morgan fingerprint density at radius 1 is 0.662 bits per heavy atom. The number of nitrogens with one attached hydrogen (secondary N) is 2. The molecule has 5 heterocycles. The number of pyridine rings is 1. The maximum Gasteiger partial charge on any atom is 0.407 e. The van der Waals surface area contributed by atoms with Gasteiger partial charge in [0.1, 0.15) is 48.6 Å². The van der Waals surface area contributed by atoms with Crippen LogP contribution < -0.4 is 21.1 Å². The zero-order chi connectivity index (χ0) is 94.1. The standard InChI is InChI=1S/C96H144N6O27S/c1-64-18-14-13-15-19-65(2)82(114-9)60-76-25-21-71(8)96(111,129-76)91(106)93(108)102-34-17-16-20-79(102)94(109)127-84(61-83(115-10)67(4)55-70(7)89(105)90(117-12)88(104)69(6)54-64)68(5)56-72-22-28-81(85(58-72)116-11)128-95(110)99-32-37-119-40-42-121-44-46-123-48-50-125-52-51-124-49-47-122-45-43-120-41-39-118-36-31-87(103)98-33-53-130(112,113)77-26-27-78(66(3)57-77)92(107)101-35-38-126-80-29-23-73(59-75(80)63-101)74-24-30-86(97)100-62-74/h13-15,18-19,23-24,26-27,29-30,55,57,59,62,64,67-69,71-72,76,79,81-85,89-90,105,111H,16-17,20-22,25,28,31-54,56,58,60-61,63H2,1-12H3,(H2,97,100)(H,98,103)(H,99,110)/b15-13?,18-14+,65-19?,70-55+/t64-,67-,68-,69-,71-,72+,76+,79+,81-,82+,83-,84+,85-,89-,90+,96-/m1/s1. The highest BCUT2D eigenvalue weighted by Gasteiger charge is 2.53. The number of anilines is 1. The first-order valence-electron chi connectivity index (χ1n) is 45.9. The Kier molecular flexibility index (Phi) is 46.4. The Hall–Kier alpha value is -8.01. The molecule has 3 aromatic rings. The third-order valence-corrected chi connectivity index (χ3v) is 26.4. The number of aryl methyl sites for hydroxylation is 1. The fourth-order valence-electron chi connectivity index (χ4n) is 17.0. The van der Waals surface area contributed by atoms with Crippen LogP contribution in [0.2, 0.25) is 0 Å². The predicted molar refractivity (Wildman–Crippen MR) is 485 cm³/mol. The van der Waals surface area contributed by atoms with Crippen molar-refractivity contribution in [1.82, 2.24) is 25.4 Å². The van der Waals surface area contributed by atoms with Crippen molar-refractivity contribution in [2.45, 2.75) is 211 Å². The summed E-state index contributed by atoms with van der Waals surface area (Å²) in [7, 11) is 2.34. The minimum absolute atomic E-state index is 0.00468. The second-order valence-electron chi connectivity index (χ2n) is 34.5. The van der Waals surface area contributed by atoms with Crippen molar-refractivity contribution >= 4 is 57.0 Å². The van der Waals surface area contributed by atoms with Gasteiger partial charge in [0.05, 0.1) is 147 Å². The number of amides is 4. The number of ether oxygens (including phenoxy) is 16. The van der Waals surface area contributed by atoms with E-state index in [0.717, 1.165) is 22.3 Å². The Morgan fingerprint density at radius 3 is 1.93 bits per heavy atom. The van der Waals surface area contributed by atoms with Gasteiger partial charge in [-0.1, -0.05) is 77.1 Å². The number of carbonyl (C=O) groups excluding carboxylic acids is 7. The third kappa shape index (κ3) is 34.2. The van der Waals surface area contributed by atoms with Crippen LogP contribution in [0, 0.1) is 42.4 Å². The molecule has 4 amide bonds. The van der Waals surface area contributed by atoms with E-state index in [1.54, 1.807) is 59.3 Å². The highest BCUT2D eigenvalue weighted by molar-refractivity contribution is 7.91. The third-order valence-electron chi connectivity index (χ3n) is 24.7. The molecule has 5 aliphatic rings. The minimum Gasteiger partial charge on any atom is -0.491 e. The molecule has 1 aromatic heterocycles. The first-order chi connectivity index (χ1) is 62.5. The average Bonchev–Trinajstić information content (AvgIpc) is 0.867. The Morgan fingerprint density at radius 2 is 1.31 bits per heavy atom. The number of Topliss-reactive ketones (excluding diaryl/α,β-unsaturated/α-hetero) is 2. The number of methoxy groups -OCH3 is 4. The van der Waals surface area contributed by atoms with Gasteiger partial charge in [-0.2, -0.15) is 0 Å². The summed E-state index contributed by atoms with van der Waals surface area (Å²) >= 11 is 0. The van der Waals surface area contributed by atoms with E-state index in [0.29, 0.717) is 198 Å². The van der Waals surface area contributed by atoms with Crippen LogP contribution in [0.25, 0.3) is 11.1 Å². The number of hydrogen-bond donors (Lipinski definition) is 5. The number of cyclic esters (lactones) is 1. The summed E-state index contributed by atoms with van der Waals surface area (Å²) in [6.45, 7) is 21.1. The number of sulfone groups is 1. The quantitative estimate of drug-likeness (QED) is 0.0153. The van der Waals surface area contributed by atoms with Crippen LogP contribution in [0.5, 0.6) is 5.75 Å². The van der Waals surface area contributed by atoms with Crippen molar-refractivity contribution in [3.05, 3.63) is 119 Å². The van der Waals surface area contributed by atoms with Crippen LogP contribution in [0.4, 0.5) is 10.6 Å². The lowest BCUT2D eigenvalue weighted by atomic mass is 9.78. The van der Waals surface area contributed by atoms with Gasteiger partial charge in [0.15, 0.2) is 15.6 Å². The van der Waals surface area contributed by atoms with E-state index in [2.05, 4.69) is 15.6 Å². The van der Waals surface area contributed by atoms with Gasteiger partial charge in [0.2, 0.25) is 11.7 Å². The number of benzene rings is 2. The maximum atomic E-state index is 14.9. The molecule has 1 aliphatic carbocycles. The highest BCUT2D eigenvalue weighted by atomic mass is 32.2. The largest absolute Gasteiger partial charge is 0.491 e. The molecular weight excluding hydrogens is 1700 g/mol. The van der Waals surface area contributed by atoms with Crippen LogP contribution in [0.15, 0.2) is 107 Å². The second kappa shape index (κ2) is 56.2. The molecule has 8 rings (SSSR count). The summed E-state index contributed by atoms with van der Waals surface area (Å²) in [4.78, 5) is 105. The number of fused-ring (bicyclic) bond motifs is 4. The van der Waals surface area contributed by atoms with Crippen molar-refractivity contribution in [1.29, 1.82) is 0 Å². The molecule has 0 spiro atoms. The number of carbonyl (C=O) groups is 7. The van der Waals surface area contributed by atoms with Crippen LogP contribution in [-0.4, -0.2) is 308 Å². The molecule has 0 radical (unpaired) electrons. The van der Waals surface area contributed by atoms with E-state index < -0.39 is 112 Å². The van der Waals surface area contributed by atoms with Crippen LogP contribution in [0.1, 0.15) is 153 Å². The summed E-state index contributed by atoms with van der Waals surface area (Å²) in [5.74, 6) is -7.22. The van der Waals surface area contributed by atoms with Crippen molar-refractivity contribution in [2.75, 3.05) is 178 Å². The summed E-state index contributed by atoms with van der Waals surface area (Å²) in [5.41, 5.74) is 10.6. The number of aliphatic hydroxyl groups is 2.